The van der Waals surface area contributed by atoms with Gasteiger partial charge in [-0.2, -0.15) is 5.26 Å². The molecule has 4 rings (SSSR count). The maximum absolute atomic E-state index is 9.63. The van der Waals surface area contributed by atoms with E-state index in [1.165, 1.54) is 30.5 Å². The van der Waals surface area contributed by atoms with Crippen LogP contribution in [0.3, 0.4) is 0 Å². The fourth-order valence-electron chi connectivity index (χ4n) is 4.23. The Morgan fingerprint density at radius 2 is 2.16 bits per heavy atom. The lowest BCUT2D eigenvalue weighted by Gasteiger charge is -2.35. The third-order valence-electron chi connectivity index (χ3n) is 5.60. The molecular weight excluding hydrogens is 310 g/mol. The molecule has 0 saturated carbocycles. The van der Waals surface area contributed by atoms with Crippen molar-refractivity contribution in [1.29, 1.82) is 5.26 Å². The van der Waals surface area contributed by atoms with Crippen LogP contribution in [0, 0.1) is 24.2 Å². The first-order chi connectivity index (χ1) is 12.2. The van der Waals surface area contributed by atoms with Crippen LogP contribution in [0.4, 0.5) is 5.82 Å². The smallest absolute Gasteiger partial charge is 0.146 e. The van der Waals surface area contributed by atoms with Gasteiger partial charge in [-0.05, 0) is 63.0 Å². The zero-order valence-corrected chi connectivity index (χ0v) is 14.9. The molecule has 3 heterocycles. The third kappa shape index (κ3) is 3.26. The van der Waals surface area contributed by atoms with Gasteiger partial charge in [0.15, 0.2) is 0 Å². The lowest BCUT2D eigenvalue weighted by molar-refractivity contribution is 0.362. The zero-order valence-electron chi connectivity index (χ0n) is 14.9. The molecule has 0 radical (unpaired) electrons. The van der Waals surface area contributed by atoms with Crippen molar-refractivity contribution >= 4 is 5.82 Å². The van der Waals surface area contributed by atoms with E-state index in [0.29, 0.717) is 5.92 Å². The summed E-state index contributed by atoms with van der Waals surface area (Å²) in [5, 5.41) is 9.63. The van der Waals surface area contributed by atoms with Crippen molar-refractivity contribution in [2.45, 2.75) is 52.0 Å². The van der Waals surface area contributed by atoms with E-state index >= 15 is 0 Å². The minimum Gasteiger partial charge on any atom is -0.355 e. The number of aryl methyl sites for hydroxylation is 3. The predicted molar refractivity (Wildman–Crippen MR) is 97.5 cm³/mol. The van der Waals surface area contributed by atoms with Crippen LogP contribution in [0.1, 0.15) is 48.3 Å². The number of piperidine rings is 1. The Balaban J connectivity index is 1.56. The summed E-state index contributed by atoms with van der Waals surface area (Å²) >= 11 is 0. The highest BCUT2D eigenvalue weighted by molar-refractivity contribution is 5.56. The van der Waals surface area contributed by atoms with E-state index in [-0.39, 0.29) is 0 Å². The van der Waals surface area contributed by atoms with Crippen molar-refractivity contribution in [3.8, 4) is 6.07 Å². The Bertz CT molecular complexity index is 801. The maximum atomic E-state index is 9.63. The standard InChI is InChI=1S/C20H25N5/c1-15-22-8-10-24(15)13-16-5-4-9-25(14-16)20-18(12-21)11-17-6-2-3-7-19(17)23-20/h8,10-11,16H,2-7,9,13-14H2,1H3. The number of hydrogen-bond acceptors (Lipinski definition) is 4. The average molecular weight is 335 g/mol. The van der Waals surface area contributed by atoms with E-state index < -0.39 is 0 Å². The van der Waals surface area contributed by atoms with E-state index in [4.69, 9.17) is 4.98 Å². The first kappa shape index (κ1) is 16.1. The fourth-order valence-corrected chi connectivity index (χ4v) is 4.23. The van der Waals surface area contributed by atoms with Gasteiger partial charge in [0.2, 0.25) is 0 Å². The Labute approximate surface area is 149 Å². The highest BCUT2D eigenvalue weighted by atomic mass is 15.2. The first-order valence-corrected chi connectivity index (χ1v) is 9.40. The molecule has 1 atom stereocenters. The molecule has 2 aromatic rings. The monoisotopic (exact) mass is 335 g/mol. The maximum Gasteiger partial charge on any atom is 0.146 e. The van der Waals surface area contributed by atoms with E-state index in [0.717, 1.165) is 56.1 Å². The Morgan fingerprint density at radius 3 is 2.96 bits per heavy atom. The number of nitriles is 1. The molecule has 0 N–H and O–H groups in total. The summed E-state index contributed by atoms with van der Waals surface area (Å²) in [4.78, 5) is 11.6. The van der Waals surface area contributed by atoms with Gasteiger partial charge in [0.05, 0.1) is 5.56 Å². The lowest BCUT2D eigenvalue weighted by Crippen LogP contribution is -2.38. The molecule has 0 spiro atoms. The summed E-state index contributed by atoms with van der Waals surface area (Å²) in [6.45, 7) is 5.02. The van der Waals surface area contributed by atoms with Gasteiger partial charge in [0, 0.05) is 37.7 Å². The Morgan fingerprint density at radius 1 is 1.28 bits per heavy atom. The van der Waals surface area contributed by atoms with Crippen LogP contribution >= 0.6 is 0 Å². The summed E-state index contributed by atoms with van der Waals surface area (Å²) in [6.07, 6.45) is 10.9. The van der Waals surface area contributed by atoms with Crippen LogP contribution in [0.25, 0.3) is 0 Å². The molecule has 0 bridgehead atoms. The number of pyridine rings is 1. The fraction of sp³-hybridized carbons (Fsp3) is 0.550. The molecule has 1 saturated heterocycles. The topological polar surface area (TPSA) is 57.7 Å². The van der Waals surface area contributed by atoms with E-state index in [1.54, 1.807) is 0 Å². The van der Waals surface area contributed by atoms with Crippen molar-refractivity contribution < 1.29 is 0 Å². The third-order valence-corrected chi connectivity index (χ3v) is 5.60. The first-order valence-electron chi connectivity index (χ1n) is 9.40. The van der Waals surface area contributed by atoms with E-state index in [2.05, 4.69) is 39.7 Å². The van der Waals surface area contributed by atoms with Crippen molar-refractivity contribution in [2.75, 3.05) is 18.0 Å². The molecule has 1 fully saturated rings. The van der Waals surface area contributed by atoms with Crippen molar-refractivity contribution in [2.24, 2.45) is 5.92 Å². The van der Waals surface area contributed by atoms with Crippen molar-refractivity contribution in [3.05, 3.63) is 41.1 Å². The number of fused-ring (bicyclic) bond motifs is 1. The molecule has 0 aromatic carbocycles. The van der Waals surface area contributed by atoms with Gasteiger partial charge in [0.25, 0.3) is 0 Å². The highest BCUT2D eigenvalue weighted by Crippen LogP contribution is 2.29. The van der Waals surface area contributed by atoms with Crippen LogP contribution < -0.4 is 4.90 Å². The number of aromatic nitrogens is 3. The van der Waals surface area contributed by atoms with Gasteiger partial charge in [-0.1, -0.05) is 0 Å². The van der Waals surface area contributed by atoms with E-state index in [9.17, 15) is 5.26 Å². The molecule has 5 nitrogen and oxygen atoms in total. The number of anilines is 1. The SMILES string of the molecule is Cc1nccn1CC1CCCN(c2nc3c(cc2C#N)CCCC3)C1. The van der Waals surface area contributed by atoms with Crippen molar-refractivity contribution in [1.82, 2.24) is 14.5 Å². The van der Waals surface area contributed by atoms with Gasteiger partial charge in [0.1, 0.15) is 17.7 Å². The van der Waals surface area contributed by atoms with Gasteiger partial charge in [-0.3, -0.25) is 0 Å². The summed E-state index contributed by atoms with van der Waals surface area (Å²) in [6, 6.07) is 4.49. The summed E-state index contributed by atoms with van der Waals surface area (Å²) < 4.78 is 2.24. The second-order valence-electron chi connectivity index (χ2n) is 7.37. The zero-order chi connectivity index (χ0) is 17.2. The quantitative estimate of drug-likeness (QED) is 0.864. The molecule has 130 valence electrons. The molecule has 1 aliphatic carbocycles. The van der Waals surface area contributed by atoms with Crippen LogP contribution in [0.15, 0.2) is 18.5 Å². The molecule has 1 unspecified atom stereocenters. The molecule has 2 aliphatic rings. The minimum atomic E-state index is 0.575. The van der Waals surface area contributed by atoms with Crippen LogP contribution in [-0.2, 0) is 19.4 Å². The van der Waals surface area contributed by atoms with Crippen LogP contribution in [-0.4, -0.2) is 27.6 Å². The van der Waals surface area contributed by atoms with Gasteiger partial charge < -0.3 is 9.47 Å². The molecular formula is C20H25N5. The van der Waals surface area contributed by atoms with Crippen LogP contribution in [0.5, 0.6) is 0 Å². The van der Waals surface area contributed by atoms with Gasteiger partial charge in [-0.25, -0.2) is 9.97 Å². The Kier molecular flexibility index (Phi) is 4.44. The van der Waals surface area contributed by atoms with Gasteiger partial charge >= 0.3 is 0 Å². The molecule has 5 heteroatoms. The Hall–Kier alpha value is -2.35. The molecule has 2 aromatic heterocycles. The van der Waals surface area contributed by atoms with E-state index in [1.807, 2.05) is 6.20 Å². The lowest BCUT2D eigenvalue weighted by atomic mass is 9.94. The second-order valence-corrected chi connectivity index (χ2v) is 7.37. The summed E-state index contributed by atoms with van der Waals surface area (Å²) in [7, 11) is 0. The van der Waals surface area contributed by atoms with Crippen molar-refractivity contribution in [3.63, 3.8) is 0 Å². The summed E-state index contributed by atoms with van der Waals surface area (Å²) in [5.41, 5.74) is 3.25. The number of rotatable bonds is 3. The highest BCUT2D eigenvalue weighted by Gasteiger charge is 2.25. The summed E-state index contributed by atoms with van der Waals surface area (Å²) in [5.74, 6) is 2.56. The largest absolute Gasteiger partial charge is 0.355 e. The molecule has 25 heavy (non-hydrogen) atoms. The molecule has 0 amide bonds. The average Bonchev–Trinajstić information content (AvgIpc) is 3.05. The number of nitrogens with zero attached hydrogens (tertiary/aromatic N) is 5. The molecule has 1 aliphatic heterocycles. The predicted octanol–water partition coefficient (Wildman–Crippen LogP) is 3.25. The minimum absolute atomic E-state index is 0.575. The normalized spacial score (nSPS) is 20.2. The van der Waals surface area contributed by atoms with Gasteiger partial charge in [-0.15, -0.1) is 0 Å². The van der Waals surface area contributed by atoms with Crippen LogP contribution in [0.2, 0.25) is 0 Å². The number of imidazole rings is 1. The second kappa shape index (κ2) is 6.87. The number of hydrogen-bond donors (Lipinski definition) is 0.